The Morgan fingerprint density at radius 2 is 2.00 bits per heavy atom. The van der Waals surface area contributed by atoms with E-state index in [1.54, 1.807) is 36.6 Å². The van der Waals surface area contributed by atoms with Crippen LogP contribution in [0.25, 0.3) is 0 Å². The van der Waals surface area contributed by atoms with Crippen LogP contribution in [0.2, 0.25) is 5.02 Å². The first-order valence-electron chi connectivity index (χ1n) is 6.32. The van der Waals surface area contributed by atoms with Gasteiger partial charge in [-0.05, 0) is 49.1 Å². The summed E-state index contributed by atoms with van der Waals surface area (Å²) in [7, 11) is 0. The molecule has 2 aromatic rings. The van der Waals surface area contributed by atoms with Crippen LogP contribution >= 0.6 is 23.4 Å². The Balaban J connectivity index is 2.30. The number of thioether (sulfide) groups is 1. The summed E-state index contributed by atoms with van der Waals surface area (Å²) in [5.74, 6) is -0.402. The van der Waals surface area contributed by atoms with E-state index in [-0.39, 0.29) is 11.3 Å². The second kappa shape index (κ2) is 6.81. The lowest BCUT2D eigenvalue weighted by molar-refractivity contribution is -0.387. The summed E-state index contributed by atoms with van der Waals surface area (Å²) in [4.78, 5) is 23.3. The van der Waals surface area contributed by atoms with Crippen molar-refractivity contribution in [2.45, 2.75) is 11.8 Å². The number of anilines is 1. The molecule has 0 spiro atoms. The zero-order valence-corrected chi connectivity index (χ0v) is 13.5. The summed E-state index contributed by atoms with van der Waals surface area (Å²) in [6.07, 6.45) is 1.75. The number of nitrogens with zero attached hydrogens (tertiary/aromatic N) is 1. The van der Waals surface area contributed by atoms with E-state index in [0.717, 1.165) is 5.56 Å². The van der Waals surface area contributed by atoms with E-state index in [1.165, 1.54) is 17.8 Å². The van der Waals surface area contributed by atoms with Gasteiger partial charge in [0.2, 0.25) is 0 Å². The number of nitro benzene ring substituents is 1. The molecule has 0 aromatic heterocycles. The number of carbonyl (C=O) groups excluding carboxylic acids is 1. The fourth-order valence-electron chi connectivity index (χ4n) is 1.94. The van der Waals surface area contributed by atoms with Crippen molar-refractivity contribution in [1.29, 1.82) is 0 Å². The minimum Gasteiger partial charge on any atom is -0.322 e. The molecule has 1 N–H and O–H groups in total. The predicted molar refractivity (Wildman–Crippen MR) is 89.0 cm³/mol. The number of benzene rings is 2. The topological polar surface area (TPSA) is 72.2 Å². The van der Waals surface area contributed by atoms with Crippen molar-refractivity contribution in [3.8, 4) is 0 Å². The number of amides is 1. The van der Waals surface area contributed by atoms with E-state index in [4.69, 9.17) is 11.6 Å². The molecule has 2 aromatic carbocycles. The number of aryl methyl sites for hydroxylation is 1. The quantitative estimate of drug-likeness (QED) is 0.505. The van der Waals surface area contributed by atoms with Crippen LogP contribution in [0, 0.1) is 17.0 Å². The van der Waals surface area contributed by atoms with Crippen LogP contribution in [0.15, 0.2) is 41.3 Å². The number of nitro groups is 1. The zero-order valence-electron chi connectivity index (χ0n) is 11.9. The minimum atomic E-state index is -0.490. The molecule has 0 radical (unpaired) electrons. The van der Waals surface area contributed by atoms with Gasteiger partial charge >= 0.3 is 0 Å². The molecule has 0 fully saturated rings. The molecule has 1 amide bonds. The van der Waals surface area contributed by atoms with Gasteiger partial charge in [0.05, 0.1) is 9.82 Å². The average Bonchev–Trinajstić information content (AvgIpc) is 2.49. The lowest BCUT2D eigenvalue weighted by Crippen LogP contribution is -2.13. The van der Waals surface area contributed by atoms with Crippen LogP contribution in [0.5, 0.6) is 0 Å². The van der Waals surface area contributed by atoms with E-state index in [2.05, 4.69) is 5.32 Å². The number of carbonyl (C=O) groups is 1. The lowest BCUT2D eigenvalue weighted by atomic mass is 10.1. The number of nitrogens with one attached hydrogen (secondary N) is 1. The largest absolute Gasteiger partial charge is 0.322 e. The number of rotatable bonds is 4. The SMILES string of the molecule is CSc1ccc(C(=O)Nc2ccc(Cl)cc2C)cc1[N+](=O)[O-]. The summed E-state index contributed by atoms with van der Waals surface area (Å²) in [5, 5.41) is 14.4. The highest BCUT2D eigenvalue weighted by molar-refractivity contribution is 7.98. The fourth-order valence-corrected chi connectivity index (χ4v) is 2.71. The Kier molecular flexibility index (Phi) is 5.05. The normalized spacial score (nSPS) is 10.3. The first-order chi connectivity index (χ1) is 10.4. The van der Waals surface area contributed by atoms with E-state index < -0.39 is 10.8 Å². The zero-order chi connectivity index (χ0) is 16.3. The van der Waals surface area contributed by atoms with Gasteiger partial charge in [-0.2, -0.15) is 0 Å². The van der Waals surface area contributed by atoms with Gasteiger partial charge in [0.15, 0.2) is 0 Å². The number of halogens is 1. The maximum Gasteiger partial charge on any atom is 0.283 e. The standard InChI is InChI=1S/C15H13ClN2O3S/c1-9-7-11(16)4-5-12(9)17-15(19)10-3-6-14(22-2)13(8-10)18(20)21/h3-8H,1-2H3,(H,17,19). The third kappa shape index (κ3) is 3.58. The first kappa shape index (κ1) is 16.3. The monoisotopic (exact) mass is 336 g/mol. The highest BCUT2D eigenvalue weighted by Gasteiger charge is 2.17. The summed E-state index contributed by atoms with van der Waals surface area (Å²) < 4.78 is 0. The smallest absolute Gasteiger partial charge is 0.283 e. The van der Waals surface area contributed by atoms with Crippen LogP contribution in [0.4, 0.5) is 11.4 Å². The highest BCUT2D eigenvalue weighted by Crippen LogP contribution is 2.29. The summed E-state index contributed by atoms with van der Waals surface area (Å²) in [6.45, 7) is 1.82. The van der Waals surface area contributed by atoms with Gasteiger partial charge in [-0.1, -0.05) is 11.6 Å². The molecule has 0 aliphatic rings. The van der Waals surface area contributed by atoms with Crippen LogP contribution in [0.1, 0.15) is 15.9 Å². The van der Waals surface area contributed by atoms with Gasteiger partial charge in [0, 0.05) is 22.3 Å². The van der Waals surface area contributed by atoms with Gasteiger partial charge in [0.25, 0.3) is 11.6 Å². The summed E-state index contributed by atoms with van der Waals surface area (Å²) in [5.41, 5.74) is 1.59. The molecule has 7 heteroatoms. The predicted octanol–water partition coefficient (Wildman–Crippen LogP) is 4.53. The van der Waals surface area contributed by atoms with Crippen molar-refractivity contribution in [1.82, 2.24) is 0 Å². The highest BCUT2D eigenvalue weighted by atomic mass is 35.5. The Hall–Kier alpha value is -2.05. The van der Waals surface area contributed by atoms with Crippen LogP contribution in [0.3, 0.4) is 0 Å². The molecular formula is C15H13ClN2O3S. The van der Waals surface area contributed by atoms with Crippen molar-refractivity contribution < 1.29 is 9.72 Å². The number of hydrogen-bond donors (Lipinski definition) is 1. The number of hydrogen-bond acceptors (Lipinski definition) is 4. The molecule has 0 aliphatic carbocycles. The average molecular weight is 337 g/mol. The maximum absolute atomic E-state index is 12.3. The third-order valence-corrected chi connectivity index (χ3v) is 4.09. The second-order valence-electron chi connectivity index (χ2n) is 4.56. The van der Waals surface area contributed by atoms with Gasteiger partial charge in [-0.3, -0.25) is 14.9 Å². The van der Waals surface area contributed by atoms with E-state index in [9.17, 15) is 14.9 Å². The Morgan fingerprint density at radius 1 is 1.27 bits per heavy atom. The van der Waals surface area contributed by atoms with Crippen molar-refractivity contribution in [3.05, 3.63) is 62.7 Å². The molecule has 0 saturated heterocycles. The first-order valence-corrected chi connectivity index (χ1v) is 7.92. The van der Waals surface area contributed by atoms with Crippen molar-refractivity contribution in [2.24, 2.45) is 0 Å². The van der Waals surface area contributed by atoms with Crippen molar-refractivity contribution >= 4 is 40.6 Å². The van der Waals surface area contributed by atoms with Crippen molar-refractivity contribution in [2.75, 3.05) is 11.6 Å². The second-order valence-corrected chi connectivity index (χ2v) is 5.84. The van der Waals surface area contributed by atoms with Crippen LogP contribution in [-0.4, -0.2) is 17.1 Å². The molecule has 0 unspecified atom stereocenters. The minimum absolute atomic E-state index is 0.0759. The van der Waals surface area contributed by atoms with E-state index in [0.29, 0.717) is 15.6 Å². The van der Waals surface area contributed by atoms with Crippen LogP contribution in [-0.2, 0) is 0 Å². The Labute approximate surface area is 136 Å². The molecule has 22 heavy (non-hydrogen) atoms. The van der Waals surface area contributed by atoms with Gasteiger partial charge < -0.3 is 5.32 Å². The molecular weight excluding hydrogens is 324 g/mol. The molecule has 0 saturated carbocycles. The van der Waals surface area contributed by atoms with Crippen LogP contribution < -0.4 is 5.32 Å². The van der Waals surface area contributed by atoms with Gasteiger partial charge in [-0.15, -0.1) is 11.8 Å². The maximum atomic E-state index is 12.3. The van der Waals surface area contributed by atoms with E-state index in [1.807, 2.05) is 6.92 Å². The van der Waals surface area contributed by atoms with Crippen molar-refractivity contribution in [3.63, 3.8) is 0 Å². The Morgan fingerprint density at radius 3 is 2.59 bits per heavy atom. The fraction of sp³-hybridized carbons (Fsp3) is 0.133. The lowest BCUT2D eigenvalue weighted by Gasteiger charge is -2.09. The molecule has 114 valence electrons. The summed E-state index contributed by atoms with van der Waals surface area (Å²) >= 11 is 7.13. The van der Waals surface area contributed by atoms with Gasteiger partial charge in [-0.25, -0.2) is 0 Å². The Bertz CT molecular complexity index is 750. The molecule has 0 bridgehead atoms. The third-order valence-electron chi connectivity index (χ3n) is 3.07. The summed E-state index contributed by atoms with van der Waals surface area (Å²) in [6, 6.07) is 9.53. The van der Waals surface area contributed by atoms with E-state index >= 15 is 0 Å². The molecule has 0 aliphatic heterocycles. The van der Waals surface area contributed by atoms with Gasteiger partial charge in [0.1, 0.15) is 0 Å². The molecule has 0 heterocycles. The molecule has 2 rings (SSSR count). The molecule has 0 atom stereocenters. The molecule has 5 nitrogen and oxygen atoms in total.